The van der Waals surface area contributed by atoms with Crippen LogP contribution in [0.15, 0.2) is 142 Å². The largest absolute Gasteiger partial charge is 0.497 e. The molecule has 0 aliphatic carbocycles. The lowest BCUT2D eigenvalue weighted by molar-refractivity contribution is -0.697. The zero-order chi connectivity index (χ0) is 33.9. The monoisotopic (exact) mass is 680 g/mol. The van der Waals surface area contributed by atoms with Gasteiger partial charge in [-0.2, -0.15) is 0 Å². The lowest BCUT2D eigenvalue weighted by Gasteiger charge is -2.11. The second kappa shape index (κ2) is 16.0. The van der Waals surface area contributed by atoms with Crippen LogP contribution in [0.3, 0.4) is 0 Å². The standard InChI is InChI=1S/C37H33N3O6S2/c1-46-30-18-12-27(13-19-30)36(42)38-28-14-20-31(21-15-28)48(44,45)32-22-16-29(17-23-32)39-37(43)33-9-3-4-10-34(33)47-35(41)11-5-8-26-40-24-6-2-7-25-40/h2-4,6-7,9-10,12-25H,5,8,11,26H2,1H3,(H-,38,39,42,43)/p+1. The second-order valence-electron chi connectivity index (χ2n) is 10.7. The maximum atomic E-state index is 13.3. The van der Waals surface area contributed by atoms with E-state index in [0.717, 1.165) is 31.1 Å². The van der Waals surface area contributed by atoms with Gasteiger partial charge in [-0.25, -0.2) is 13.0 Å². The summed E-state index contributed by atoms with van der Waals surface area (Å²) in [6.07, 6.45) is 5.98. The number of hydrogen-bond acceptors (Lipinski definition) is 7. The molecule has 4 aromatic carbocycles. The third kappa shape index (κ3) is 8.96. The van der Waals surface area contributed by atoms with Gasteiger partial charge in [0.2, 0.25) is 9.84 Å². The molecular formula is C37H34N3O6S2+. The lowest BCUT2D eigenvalue weighted by Crippen LogP contribution is -2.32. The van der Waals surface area contributed by atoms with Crippen molar-refractivity contribution in [2.45, 2.75) is 40.5 Å². The van der Waals surface area contributed by atoms with E-state index in [1.54, 1.807) is 55.6 Å². The van der Waals surface area contributed by atoms with E-state index >= 15 is 0 Å². The third-order valence-corrected chi connectivity index (χ3v) is 10.2. The maximum Gasteiger partial charge on any atom is 0.256 e. The van der Waals surface area contributed by atoms with Crippen molar-refractivity contribution in [2.24, 2.45) is 0 Å². The molecule has 0 fully saturated rings. The summed E-state index contributed by atoms with van der Waals surface area (Å²) in [6.45, 7) is 0.829. The van der Waals surface area contributed by atoms with Crippen LogP contribution in [-0.4, -0.2) is 32.5 Å². The fraction of sp³-hybridized carbons (Fsp3) is 0.135. The minimum absolute atomic E-state index is 0.0180. The van der Waals surface area contributed by atoms with Crippen LogP contribution < -0.4 is 19.9 Å². The van der Waals surface area contributed by atoms with E-state index in [9.17, 15) is 22.8 Å². The zero-order valence-corrected chi connectivity index (χ0v) is 27.8. The van der Waals surface area contributed by atoms with E-state index in [1.807, 2.05) is 30.6 Å². The number of anilines is 2. The first-order valence-electron chi connectivity index (χ1n) is 15.2. The van der Waals surface area contributed by atoms with Crippen molar-refractivity contribution >= 4 is 49.9 Å². The summed E-state index contributed by atoms with van der Waals surface area (Å²) in [5.41, 5.74) is 1.63. The fourth-order valence-corrected chi connectivity index (χ4v) is 6.95. The number of sulfone groups is 1. The number of carbonyl (C=O) groups is 3. The van der Waals surface area contributed by atoms with Crippen LogP contribution in [0, 0.1) is 0 Å². The van der Waals surface area contributed by atoms with Crippen molar-refractivity contribution in [3.05, 3.63) is 139 Å². The Morgan fingerprint density at radius 3 is 1.88 bits per heavy atom. The first kappa shape index (κ1) is 34.1. The smallest absolute Gasteiger partial charge is 0.256 e. The predicted octanol–water partition coefficient (Wildman–Crippen LogP) is 6.81. The van der Waals surface area contributed by atoms with Crippen molar-refractivity contribution < 1.29 is 32.1 Å². The molecule has 0 saturated heterocycles. The Kier molecular flexibility index (Phi) is 11.4. The van der Waals surface area contributed by atoms with Gasteiger partial charge in [0.25, 0.3) is 11.8 Å². The first-order valence-corrected chi connectivity index (χ1v) is 17.5. The van der Waals surface area contributed by atoms with Gasteiger partial charge in [-0.3, -0.25) is 14.4 Å². The minimum Gasteiger partial charge on any atom is -0.497 e. The van der Waals surface area contributed by atoms with Gasteiger partial charge in [0.05, 0.1) is 22.5 Å². The normalized spacial score (nSPS) is 11.0. The molecule has 0 aliphatic rings. The topological polar surface area (TPSA) is 123 Å². The molecule has 0 saturated carbocycles. The fourth-order valence-electron chi connectivity index (χ4n) is 4.78. The van der Waals surface area contributed by atoms with Crippen molar-refractivity contribution in [3.63, 3.8) is 0 Å². The van der Waals surface area contributed by atoms with Gasteiger partial charge in [-0.05, 0) is 91.3 Å². The molecule has 11 heteroatoms. The number of aryl methyl sites for hydroxylation is 1. The Bertz CT molecular complexity index is 1980. The van der Waals surface area contributed by atoms with Crippen LogP contribution in [0.5, 0.6) is 5.75 Å². The zero-order valence-electron chi connectivity index (χ0n) is 26.2. The molecule has 0 aliphatic heterocycles. The summed E-state index contributed by atoms with van der Waals surface area (Å²) in [6, 6.07) is 31.2. The number of methoxy groups -OCH3 is 1. The lowest BCUT2D eigenvalue weighted by atomic mass is 10.2. The highest BCUT2D eigenvalue weighted by Gasteiger charge is 2.19. The van der Waals surface area contributed by atoms with Crippen LogP contribution >= 0.6 is 11.8 Å². The Balaban J connectivity index is 1.16. The number of nitrogens with one attached hydrogen (secondary N) is 2. The summed E-state index contributed by atoms with van der Waals surface area (Å²) < 4.78 is 33.8. The molecule has 0 unspecified atom stereocenters. The number of pyridine rings is 1. The molecule has 0 radical (unpaired) electrons. The number of carbonyl (C=O) groups excluding carboxylic acids is 3. The number of benzene rings is 4. The van der Waals surface area contributed by atoms with Crippen LogP contribution in [0.4, 0.5) is 11.4 Å². The van der Waals surface area contributed by atoms with Crippen LogP contribution in [0.2, 0.25) is 0 Å². The number of nitrogens with zero attached hydrogens (tertiary/aromatic N) is 1. The Hall–Kier alpha value is -5.26. The molecule has 0 spiro atoms. The number of amides is 2. The highest BCUT2D eigenvalue weighted by atomic mass is 32.2. The Morgan fingerprint density at radius 1 is 0.688 bits per heavy atom. The maximum absolute atomic E-state index is 13.3. The minimum atomic E-state index is -3.87. The van der Waals surface area contributed by atoms with E-state index in [-0.39, 0.29) is 20.8 Å². The molecule has 48 heavy (non-hydrogen) atoms. The van der Waals surface area contributed by atoms with E-state index in [2.05, 4.69) is 15.2 Å². The number of thioether (sulfide) groups is 1. The number of rotatable bonds is 13. The number of ether oxygens (including phenoxy) is 1. The molecule has 1 heterocycles. The van der Waals surface area contributed by atoms with Gasteiger partial charge < -0.3 is 15.4 Å². The average molecular weight is 681 g/mol. The molecule has 1 aromatic heterocycles. The highest BCUT2D eigenvalue weighted by molar-refractivity contribution is 8.13. The molecule has 9 nitrogen and oxygen atoms in total. The molecular weight excluding hydrogens is 647 g/mol. The van der Waals surface area contributed by atoms with E-state index in [4.69, 9.17) is 4.74 Å². The second-order valence-corrected chi connectivity index (χ2v) is 13.8. The first-order chi connectivity index (χ1) is 23.2. The van der Waals surface area contributed by atoms with Gasteiger partial charge >= 0.3 is 0 Å². The Labute approximate surface area is 283 Å². The van der Waals surface area contributed by atoms with Crippen molar-refractivity contribution in [1.82, 2.24) is 0 Å². The van der Waals surface area contributed by atoms with E-state index < -0.39 is 15.7 Å². The summed E-state index contributed by atoms with van der Waals surface area (Å²) in [5, 5.41) is 5.53. The van der Waals surface area contributed by atoms with Gasteiger partial charge in [-0.15, -0.1) is 0 Å². The molecule has 5 aromatic rings. The predicted molar refractivity (Wildman–Crippen MR) is 185 cm³/mol. The van der Waals surface area contributed by atoms with Crippen LogP contribution in [0.25, 0.3) is 0 Å². The molecule has 0 atom stereocenters. The number of hydrogen-bond donors (Lipinski definition) is 2. The van der Waals surface area contributed by atoms with Crippen LogP contribution in [0.1, 0.15) is 40.0 Å². The quantitative estimate of drug-likeness (QED) is 0.0796. The number of unbranched alkanes of at least 4 members (excludes halogenated alkanes) is 1. The van der Waals surface area contributed by atoms with E-state index in [0.29, 0.717) is 39.6 Å². The van der Waals surface area contributed by atoms with Gasteiger partial charge in [0, 0.05) is 46.8 Å². The Morgan fingerprint density at radius 2 is 1.27 bits per heavy atom. The SMILES string of the molecule is COc1ccc(C(=O)Nc2ccc(S(=O)(=O)c3ccc(NC(=O)c4ccccc4SC(=O)CCCC[n+]4ccccc4)cc3)cc2)cc1. The molecule has 2 amide bonds. The van der Waals surface area contributed by atoms with Gasteiger partial charge in [0.15, 0.2) is 17.5 Å². The van der Waals surface area contributed by atoms with Crippen molar-refractivity contribution in [2.75, 3.05) is 17.7 Å². The van der Waals surface area contributed by atoms with E-state index in [1.165, 1.54) is 48.5 Å². The van der Waals surface area contributed by atoms with Crippen LogP contribution in [-0.2, 0) is 21.2 Å². The van der Waals surface area contributed by atoms with Crippen molar-refractivity contribution in [1.29, 1.82) is 0 Å². The summed E-state index contributed by atoms with van der Waals surface area (Å²) in [4.78, 5) is 39.1. The molecule has 5 rings (SSSR count). The van der Waals surface area contributed by atoms with Gasteiger partial charge in [0.1, 0.15) is 12.3 Å². The van der Waals surface area contributed by atoms with Crippen molar-refractivity contribution in [3.8, 4) is 5.75 Å². The summed E-state index contributed by atoms with van der Waals surface area (Å²) >= 11 is 1.05. The number of aromatic nitrogens is 1. The third-order valence-electron chi connectivity index (χ3n) is 7.38. The summed E-state index contributed by atoms with van der Waals surface area (Å²) in [5.74, 6) is -0.119. The summed E-state index contributed by atoms with van der Waals surface area (Å²) in [7, 11) is -2.33. The van der Waals surface area contributed by atoms with Gasteiger partial charge in [-0.1, -0.05) is 30.0 Å². The highest BCUT2D eigenvalue weighted by Crippen LogP contribution is 2.27. The molecule has 244 valence electrons. The molecule has 0 bridgehead atoms. The average Bonchev–Trinajstić information content (AvgIpc) is 3.11. The molecule has 2 N–H and O–H groups in total.